The lowest BCUT2D eigenvalue weighted by Gasteiger charge is -2.39. The highest BCUT2D eigenvalue weighted by Crippen LogP contribution is 2.49. The van der Waals surface area contributed by atoms with Crippen molar-refractivity contribution in [1.29, 1.82) is 0 Å². The predicted octanol–water partition coefficient (Wildman–Crippen LogP) is 2.62. The highest BCUT2D eigenvalue weighted by atomic mass is 35.5. The molecule has 1 aliphatic carbocycles. The van der Waals surface area contributed by atoms with Gasteiger partial charge in [-0.05, 0) is 30.9 Å². The number of fused-ring (bicyclic) bond motifs is 1. The second-order valence-electron chi connectivity index (χ2n) is 4.86. The molecule has 1 heterocycles. The monoisotopic (exact) mass is 253 g/mol. The van der Waals surface area contributed by atoms with Crippen molar-refractivity contribution in [1.82, 2.24) is 0 Å². The summed E-state index contributed by atoms with van der Waals surface area (Å²) in [5.74, 6) is 1.55. The number of ether oxygens (including phenoxy) is 2. The molecular formula is C13H16ClNO2. The summed E-state index contributed by atoms with van der Waals surface area (Å²) in [6.45, 7) is 0.673. The molecule has 1 aromatic rings. The van der Waals surface area contributed by atoms with E-state index in [1.165, 1.54) is 6.42 Å². The zero-order valence-corrected chi connectivity index (χ0v) is 10.6. The molecule has 0 saturated heterocycles. The van der Waals surface area contributed by atoms with Crippen LogP contribution in [0.5, 0.6) is 11.5 Å². The molecule has 0 spiro atoms. The van der Waals surface area contributed by atoms with E-state index in [0.717, 1.165) is 46.9 Å². The predicted molar refractivity (Wildman–Crippen MR) is 66.9 cm³/mol. The van der Waals surface area contributed by atoms with Gasteiger partial charge in [0.15, 0.2) is 11.5 Å². The van der Waals surface area contributed by atoms with Crippen LogP contribution < -0.4 is 15.2 Å². The molecule has 3 nitrogen and oxygen atoms in total. The highest BCUT2D eigenvalue weighted by molar-refractivity contribution is 6.32. The summed E-state index contributed by atoms with van der Waals surface area (Å²) in [5, 5.41) is 0.778. The van der Waals surface area contributed by atoms with Gasteiger partial charge < -0.3 is 15.2 Å². The van der Waals surface area contributed by atoms with E-state index in [1.54, 1.807) is 7.11 Å². The fourth-order valence-corrected chi connectivity index (χ4v) is 3.07. The molecule has 0 bridgehead atoms. The Morgan fingerprint density at radius 2 is 2.24 bits per heavy atom. The fraction of sp³-hybridized carbons (Fsp3) is 0.538. The third-order valence-corrected chi connectivity index (χ3v) is 4.31. The molecule has 2 aliphatic rings. The van der Waals surface area contributed by atoms with Gasteiger partial charge in [-0.15, -0.1) is 0 Å². The van der Waals surface area contributed by atoms with Gasteiger partial charge in [0, 0.05) is 17.5 Å². The quantitative estimate of drug-likeness (QED) is 0.881. The van der Waals surface area contributed by atoms with E-state index < -0.39 is 0 Å². The smallest absolute Gasteiger partial charge is 0.165 e. The summed E-state index contributed by atoms with van der Waals surface area (Å²) < 4.78 is 10.9. The molecule has 0 amide bonds. The largest absolute Gasteiger partial charge is 0.493 e. The van der Waals surface area contributed by atoms with Crippen LogP contribution in [-0.4, -0.2) is 13.7 Å². The van der Waals surface area contributed by atoms with Gasteiger partial charge in [0.1, 0.15) is 0 Å². The van der Waals surface area contributed by atoms with Crippen molar-refractivity contribution in [3.8, 4) is 11.5 Å². The molecule has 1 aliphatic heterocycles. The number of benzene rings is 1. The van der Waals surface area contributed by atoms with E-state index in [4.69, 9.17) is 26.8 Å². The molecular weight excluding hydrogens is 238 g/mol. The maximum absolute atomic E-state index is 6.46. The second-order valence-corrected chi connectivity index (χ2v) is 5.23. The van der Waals surface area contributed by atoms with Crippen molar-refractivity contribution < 1.29 is 9.47 Å². The van der Waals surface area contributed by atoms with E-state index in [9.17, 15) is 0 Å². The zero-order valence-electron chi connectivity index (χ0n) is 9.88. The summed E-state index contributed by atoms with van der Waals surface area (Å²) in [4.78, 5) is 0. The van der Waals surface area contributed by atoms with Crippen molar-refractivity contribution in [2.75, 3.05) is 13.7 Å². The van der Waals surface area contributed by atoms with Crippen molar-refractivity contribution in [3.05, 3.63) is 22.2 Å². The van der Waals surface area contributed by atoms with Gasteiger partial charge >= 0.3 is 0 Å². The topological polar surface area (TPSA) is 44.5 Å². The second kappa shape index (κ2) is 3.79. The van der Waals surface area contributed by atoms with Crippen molar-refractivity contribution in [2.45, 2.75) is 31.2 Å². The van der Waals surface area contributed by atoms with E-state index in [0.29, 0.717) is 6.61 Å². The van der Waals surface area contributed by atoms with E-state index in [-0.39, 0.29) is 5.54 Å². The molecule has 1 saturated carbocycles. The lowest BCUT2D eigenvalue weighted by atomic mass is 9.72. The summed E-state index contributed by atoms with van der Waals surface area (Å²) >= 11 is 6.46. The molecule has 0 aromatic heterocycles. The molecule has 1 fully saturated rings. The Balaban J connectivity index is 2.16. The summed E-state index contributed by atoms with van der Waals surface area (Å²) in [6.07, 6.45) is 4.00. The molecule has 92 valence electrons. The van der Waals surface area contributed by atoms with Crippen LogP contribution in [0.2, 0.25) is 5.02 Å². The van der Waals surface area contributed by atoms with Crippen LogP contribution in [0.25, 0.3) is 0 Å². The molecule has 3 rings (SSSR count). The first-order valence-electron chi connectivity index (χ1n) is 5.97. The van der Waals surface area contributed by atoms with Crippen molar-refractivity contribution in [2.24, 2.45) is 5.73 Å². The summed E-state index contributed by atoms with van der Waals surface area (Å²) in [6, 6.07) is 1.95. The number of nitrogens with two attached hydrogens (primary N) is 1. The summed E-state index contributed by atoms with van der Waals surface area (Å²) in [5.41, 5.74) is 8.17. The lowest BCUT2D eigenvalue weighted by Crippen LogP contribution is -2.43. The Morgan fingerprint density at radius 1 is 1.47 bits per heavy atom. The Kier molecular flexibility index (Phi) is 2.49. The van der Waals surface area contributed by atoms with Crippen LogP contribution in [0.3, 0.4) is 0 Å². The van der Waals surface area contributed by atoms with Gasteiger partial charge in [0.2, 0.25) is 0 Å². The first-order chi connectivity index (χ1) is 8.15. The Labute approximate surface area is 106 Å². The molecule has 0 unspecified atom stereocenters. The zero-order chi connectivity index (χ0) is 12.0. The number of rotatable bonds is 2. The SMILES string of the molecule is COc1cc(C2(N)CCC2)c(Cl)c2c1OCC2. The average molecular weight is 254 g/mol. The van der Waals surface area contributed by atoms with Gasteiger partial charge in [0.05, 0.1) is 18.7 Å². The fourth-order valence-electron chi connectivity index (χ4n) is 2.65. The maximum Gasteiger partial charge on any atom is 0.165 e. The van der Waals surface area contributed by atoms with Crippen LogP contribution >= 0.6 is 11.6 Å². The van der Waals surface area contributed by atoms with Gasteiger partial charge in [-0.1, -0.05) is 11.6 Å². The third kappa shape index (κ3) is 1.53. The van der Waals surface area contributed by atoms with E-state index in [2.05, 4.69) is 0 Å². The minimum atomic E-state index is -0.262. The maximum atomic E-state index is 6.46. The molecule has 0 atom stereocenters. The Hall–Kier alpha value is -0.930. The van der Waals surface area contributed by atoms with Gasteiger partial charge in [0.25, 0.3) is 0 Å². The number of halogens is 1. The van der Waals surface area contributed by atoms with Crippen LogP contribution in [0, 0.1) is 0 Å². The molecule has 1 aromatic carbocycles. The van der Waals surface area contributed by atoms with Crippen molar-refractivity contribution in [3.63, 3.8) is 0 Å². The standard InChI is InChI=1S/C13H16ClNO2/c1-16-10-7-9(13(15)4-2-5-13)11(14)8-3-6-17-12(8)10/h7H,2-6,15H2,1H3. The van der Waals surface area contributed by atoms with Crippen LogP contribution in [0.4, 0.5) is 0 Å². The van der Waals surface area contributed by atoms with Gasteiger partial charge in [-0.25, -0.2) is 0 Å². The first kappa shape index (κ1) is 11.2. The Morgan fingerprint density at radius 3 is 2.82 bits per heavy atom. The Bertz CT molecular complexity index is 469. The molecule has 2 N–H and O–H groups in total. The van der Waals surface area contributed by atoms with Gasteiger partial charge in [-0.3, -0.25) is 0 Å². The number of methoxy groups -OCH3 is 1. The molecule has 4 heteroatoms. The van der Waals surface area contributed by atoms with E-state index >= 15 is 0 Å². The van der Waals surface area contributed by atoms with Crippen LogP contribution in [0.15, 0.2) is 6.07 Å². The lowest BCUT2D eigenvalue weighted by molar-refractivity contribution is 0.252. The highest BCUT2D eigenvalue weighted by Gasteiger charge is 2.38. The summed E-state index contributed by atoms with van der Waals surface area (Å²) in [7, 11) is 1.65. The first-order valence-corrected chi connectivity index (χ1v) is 6.35. The van der Waals surface area contributed by atoms with Crippen molar-refractivity contribution >= 4 is 11.6 Å². The number of hydrogen-bond donors (Lipinski definition) is 1. The van der Waals surface area contributed by atoms with Crippen LogP contribution in [-0.2, 0) is 12.0 Å². The minimum absolute atomic E-state index is 0.262. The average Bonchev–Trinajstić information content (AvgIpc) is 2.76. The minimum Gasteiger partial charge on any atom is -0.493 e. The van der Waals surface area contributed by atoms with Gasteiger partial charge in [-0.2, -0.15) is 0 Å². The third-order valence-electron chi connectivity index (χ3n) is 3.88. The normalized spacial score (nSPS) is 20.4. The molecule has 17 heavy (non-hydrogen) atoms. The molecule has 0 radical (unpaired) electrons. The number of hydrogen-bond acceptors (Lipinski definition) is 3. The van der Waals surface area contributed by atoms with Crippen LogP contribution in [0.1, 0.15) is 30.4 Å². The van der Waals surface area contributed by atoms with E-state index in [1.807, 2.05) is 6.07 Å².